The molecule has 1 aliphatic carbocycles. The van der Waals surface area contributed by atoms with E-state index in [9.17, 15) is 0 Å². The van der Waals surface area contributed by atoms with Gasteiger partial charge in [0.05, 0.1) is 0 Å². The molecule has 4 heteroatoms. The molecule has 0 radical (unpaired) electrons. The Labute approximate surface area is 122 Å². The zero-order valence-corrected chi connectivity index (χ0v) is 12.6. The highest BCUT2D eigenvalue weighted by Gasteiger charge is 2.33. The third kappa shape index (κ3) is 3.23. The van der Waals surface area contributed by atoms with Crippen molar-refractivity contribution in [2.45, 2.75) is 57.0 Å². The monoisotopic (exact) mass is 276 g/mol. The lowest BCUT2D eigenvalue weighted by Gasteiger charge is -2.33. The van der Waals surface area contributed by atoms with E-state index in [4.69, 9.17) is 0 Å². The van der Waals surface area contributed by atoms with E-state index in [-0.39, 0.29) is 0 Å². The first-order chi connectivity index (χ1) is 9.84. The molecular formula is C16H28N4. The van der Waals surface area contributed by atoms with Crippen LogP contribution in [0.1, 0.15) is 44.3 Å². The number of aryl methyl sites for hydroxylation is 1. The lowest BCUT2D eigenvalue weighted by atomic mass is 9.88. The van der Waals surface area contributed by atoms with Gasteiger partial charge in [-0.3, -0.25) is 0 Å². The minimum absolute atomic E-state index is 0.714. The first-order valence-corrected chi connectivity index (χ1v) is 8.27. The summed E-state index contributed by atoms with van der Waals surface area (Å²) in [6, 6.07) is 1.47. The van der Waals surface area contributed by atoms with Crippen molar-refractivity contribution >= 4 is 0 Å². The Morgan fingerprint density at radius 3 is 3.00 bits per heavy atom. The summed E-state index contributed by atoms with van der Waals surface area (Å²) < 4.78 is 2.12. The van der Waals surface area contributed by atoms with Gasteiger partial charge in [0.1, 0.15) is 5.82 Å². The van der Waals surface area contributed by atoms with Crippen molar-refractivity contribution in [2.75, 3.05) is 13.1 Å². The molecule has 4 nitrogen and oxygen atoms in total. The molecular weight excluding hydrogens is 248 g/mol. The Kier molecular flexibility index (Phi) is 4.73. The maximum Gasteiger partial charge on any atom is 0.109 e. The summed E-state index contributed by atoms with van der Waals surface area (Å²) in [6.07, 6.45) is 13.2. The van der Waals surface area contributed by atoms with E-state index in [1.807, 2.05) is 12.4 Å². The van der Waals surface area contributed by atoms with Crippen molar-refractivity contribution in [2.24, 2.45) is 13.0 Å². The van der Waals surface area contributed by atoms with Crippen LogP contribution in [-0.2, 0) is 13.5 Å². The number of imidazole rings is 1. The van der Waals surface area contributed by atoms with Gasteiger partial charge < -0.3 is 15.2 Å². The van der Waals surface area contributed by atoms with Crippen LogP contribution in [-0.4, -0.2) is 34.7 Å². The summed E-state index contributed by atoms with van der Waals surface area (Å²) in [5, 5.41) is 7.55. The molecule has 1 aromatic rings. The van der Waals surface area contributed by atoms with E-state index >= 15 is 0 Å². The number of rotatable bonds is 5. The number of nitrogens with one attached hydrogen (secondary N) is 2. The smallest absolute Gasteiger partial charge is 0.109 e. The van der Waals surface area contributed by atoms with Crippen LogP contribution in [0.4, 0.5) is 0 Å². The second kappa shape index (κ2) is 6.72. The van der Waals surface area contributed by atoms with E-state index in [0.717, 1.165) is 24.9 Å². The summed E-state index contributed by atoms with van der Waals surface area (Å²) in [5.41, 5.74) is 0. The van der Waals surface area contributed by atoms with Gasteiger partial charge in [-0.05, 0) is 38.1 Å². The van der Waals surface area contributed by atoms with Crippen LogP contribution in [0, 0.1) is 5.92 Å². The Morgan fingerprint density at radius 2 is 2.25 bits per heavy atom. The summed E-state index contributed by atoms with van der Waals surface area (Å²) in [4.78, 5) is 4.40. The van der Waals surface area contributed by atoms with E-state index in [1.165, 1.54) is 50.9 Å². The molecule has 112 valence electrons. The summed E-state index contributed by atoms with van der Waals surface area (Å²) in [7, 11) is 2.08. The molecule has 20 heavy (non-hydrogen) atoms. The highest BCUT2D eigenvalue weighted by atomic mass is 15.0. The predicted octanol–water partition coefficient (Wildman–Crippen LogP) is 1.86. The first kappa shape index (κ1) is 14.1. The van der Waals surface area contributed by atoms with Crippen LogP contribution in [0.3, 0.4) is 0 Å². The predicted molar refractivity (Wildman–Crippen MR) is 81.7 cm³/mol. The number of piperidine rings is 1. The molecule has 1 saturated heterocycles. The van der Waals surface area contributed by atoms with Gasteiger partial charge in [0.15, 0.2) is 0 Å². The minimum Gasteiger partial charge on any atom is -0.338 e. The number of aromatic nitrogens is 2. The zero-order chi connectivity index (χ0) is 13.8. The molecule has 2 aliphatic rings. The quantitative estimate of drug-likeness (QED) is 0.862. The average molecular weight is 276 g/mol. The Balaban J connectivity index is 1.47. The fourth-order valence-corrected chi connectivity index (χ4v) is 3.97. The van der Waals surface area contributed by atoms with Crippen LogP contribution < -0.4 is 10.6 Å². The molecule has 3 unspecified atom stereocenters. The molecule has 0 bridgehead atoms. The SMILES string of the molecule is Cn1ccnc1CCNC1CCCC1C1CCCCN1. The standard InChI is InChI=1S/C16H28N4/c1-20-12-11-19-16(20)8-10-18-15-7-4-5-13(15)14-6-2-3-9-17-14/h11-15,17-18H,2-10H2,1H3. The lowest BCUT2D eigenvalue weighted by Crippen LogP contribution is -2.47. The topological polar surface area (TPSA) is 41.9 Å². The molecule has 1 aromatic heterocycles. The van der Waals surface area contributed by atoms with Crippen molar-refractivity contribution in [1.82, 2.24) is 20.2 Å². The van der Waals surface area contributed by atoms with Crippen molar-refractivity contribution < 1.29 is 0 Å². The van der Waals surface area contributed by atoms with Crippen LogP contribution >= 0.6 is 0 Å². The minimum atomic E-state index is 0.714. The van der Waals surface area contributed by atoms with Gasteiger partial charge in [-0.25, -0.2) is 4.98 Å². The second-order valence-electron chi connectivity index (χ2n) is 6.42. The maximum atomic E-state index is 4.40. The van der Waals surface area contributed by atoms with Gasteiger partial charge in [-0.15, -0.1) is 0 Å². The molecule has 3 atom stereocenters. The summed E-state index contributed by atoms with van der Waals surface area (Å²) in [5.74, 6) is 2.03. The van der Waals surface area contributed by atoms with Gasteiger partial charge >= 0.3 is 0 Å². The van der Waals surface area contributed by atoms with Crippen molar-refractivity contribution in [3.05, 3.63) is 18.2 Å². The maximum absolute atomic E-state index is 4.40. The molecule has 1 saturated carbocycles. The van der Waals surface area contributed by atoms with Crippen molar-refractivity contribution in [3.8, 4) is 0 Å². The van der Waals surface area contributed by atoms with Gasteiger partial charge in [0.25, 0.3) is 0 Å². The molecule has 2 N–H and O–H groups in total. The summed E-state index contributed by atoms with van der Waals surface area (Å²) >= 11 is 0. The molecule has 3 rings (SSSR count). The van der Waals surface area contributed by atoms with Crippen LogP contribution in [0.5, 0.6) is 0 Å². The van der Waals surface area contributed by atoms with Gasteiger partial charge in [0, 0.05) is 44.5 Å². The molecule has 0 spiro atoms. The number of nitrogens with zero attached hydrogens (tertiary/aromatic N) is 2. The average Bonchev–Trinajstić information content (AvgIpc) is 3.10. The summed E-state index contributed by atoms with van der Waals surface area (Å²) in [6.45, 7) is 2.28. The fourth-order valence-electron chi connectivity index (χ4n) is 3.97. The second-order valence-corrected chi connectivity index (χ2v) is 6.42. The van der Waals surface area contributed by atoms with Gasteiger partial charge in [-0.1, -0.05) is 12.8 Å². The first-order valence-electron chi connectivity index (χ1n) is 8.27. The largest absolute Gasteiger partial charge is 0.338 e. The van der Waals surface area contributed by atoms with Crippen LogP contribution in [0.2, 0.25) is 0 Å². The van der Waals surface area contributed by atoms with Crippen LogP contribution in [0.15, 0.2) is 12.4 Å². The Morgan fingerprint density at radius 1 is 1.30 bits per heavy atom. The molecule has 1 aliphatic heterocycles. The van der Waals surface area contributed by atoms with E-state index in [0.29, 0.717) is 6.04 Å². The van der Waals surface area contributed by atoms with E-state index < -0.39 is 0 Å². The van der Waals surface area contributed by atoms with Crippen molar-refractivity contribution in [1.29, 1.82) is 0 Å². The van der Waals surface area contributed by atoms with Crippen molar-refractivity contribution in [3.63, 3.8) is 0 Å². The Hall–Kier alpha value is -0.870. The third-order valence-electron chi connectivity index (χ3n) is 5.11. The molecule has 0 amide bonds. The Bertz CT molecular complexity index is 408. The molecule has 2 heterocycles. The van der Waals surface area contributed by atoms with Gasteiger partial charge in [0.2, 0.25) is 0 Å². The lowest BCUT2D eigenvalue weighted by molar-refractivity contribution is 0.258. The normalized spacial score (nSPS) is 30.8. The fraction of sp³-hybridized carbons (Fsp3) is 0.812. The van der Waals surface area contributed by atoms with E-state index in [1.54, 1.807) is 0 Å². The molecule has 0 aromatic carbocycles. The highest BCUT2D eigenvalue weighted by molar-refractivity contribution is 4.95. The zero-order valence-electron chi connectivity index (χ0n) is 12.6. The van der Waals surface area contributed by atoms with Gasteiger partial charge in [-0.2, -0.15) is 0 Å². The number of hydrogen-bond acceptors (Lipinski definition) is 3. The highest BCUT2D eigenvalue weighted by Crippen LogP contribution is 2.31. The third-order valence-corrected chi connectivity index (χ3v) is 5.11. The number of hydrogen-bond donors (Lipinski definition) is 2. The van der Waals surface area contributed by atoms with Crippen LogP contribution in [0.25, 0.3) is 0 Å². The molecule has 2 fully saturated rings. The van der Waals surface area contributed by atoms with E-state index in [2.05, 4.69) is 27.2 Å².